The van der Waals surface area contributed by atoms with E-state index in [0.717, 1.165) is 16.0 Å². The summed E-state index contributed by atoms with van der Waals surface area (Å²) in [6.07, 6.45) is 0. The van der Waals surface area contributed by atoms with Crippen LogP contribution in [0.3, 0.4) is 0 Å². The molecule has 0 aliphatic carbocycles. The van der Waals surface area contributed by atoms with E-state index in [1.807, 2.05) is 26.0 Å². The molecule has 1 aliphatic rings. The fraction of sp³-hybridized carbons (Fsp3) is 0.0800. The maximum absolute atomic E-state index is 12.8. The van der Waals surface area contributed by atoms with Gasteiger partial charge in [-0.05, 0) is 74.0 Å². The highest BCUT2D eigenvalue weighted by molar-refractivity contribution is 6.53. The summed E-state index contributed by atoms with van der Waals surface area (Å²) in [4.78, 5) is 38.9. The van der Waals surface area contributed by atoms with E-state index in [0.29, 0.717) is 27.7 Å². The predicted molar refractivity (Wildman–Crippen MR) is 128 cm³/mol. The monoisotopic (exact) mass is 480 g/mol. The number of amides is 2. The average Bonchev–Trinajstić information content (AvgIpc) is 3.00. The normalized spacial score (nSPS) is 13.5. The largest absolute Gasteiger partial charge is 0.423 e. The van der Waals surface area contributed by atoms with Crippen LogP contribution in [0.1, 0.15) is 21.5 Å². The Morgan fingerprint density at radius 3 is 2.18 bits per heavy atom. The quantitative estimate of drug-likeness (QED) is 0.291. The molecule has 0 aromatic heterocycles. The van der Waals surface area contributed by atoms with Crippen LogP contribution < -0.4 is 15.0 Å². The van der Waals surface area contributed by atoms with E-state index in [1.54, 1.807) is 54.6 Å². The van der Waals surface area contributed by atoms with Crippen LogP contribution in [0.5, 0.6) is 5.75 Å². The molecule has 3 aromatic carbocycles. The second kappa shape index (κ2) is 9.10. The zero-order valence-corrected chi connectivity index (χ0v) is 19.2. The van der Waals surface area contributed by atoms with Crippen LogP contribution in [0.2, 0.25) is 5.02 Å². The second-order valence-corrected chi connectivity index (χ2v) is 8.29. The molecule has 1 heterocycles. The summed E-state index contributed by atoms with van der Waals surface area (Å²) in [5.74, 6) is -1.25. The Bertz CT molecular complexity index is 1300. The number of ether oxygens (including phenoxy) is 1. The third-order valence-corrected chi connectivity index (χ3v) is 5.64. The van der Waals surface area contributed by atoms with Crippen molar-refractivity contribution in [2.75, 3.05) is 10.2 Å². The van der Waals surface area contributed by atoms with Gasteiger partial charge in [-0.15, -0.1) is 0 Å². The highest BCUT2D eigenvalue weighted by atomic mass is 35.5. The molecule has 33 heavy (non-hydrogen) atoms. The van der Waals surface area contributed by atoms with Gasteiger partial charge >= 0.3 is 5.97 Å². The van der Waals surface area contributed by atoms with Gasteiger partial charge in [0.15, 0.2) is 0 Å². The fourth-order valence-electron chi connectivity index (χ4n) is 3.34. The summed E-state index contributed by atoms with van der Waals surface area (Å²) in [7, 11) is 0. The number of benzene rings is 3. The third kappa shape index (κ3) is 4.62. The number of nitrogens with one attached hydrogen (secondary N) is 1. The lowest BCUT2D eigenvalue weighted by atomic mass is 10.1. The van der Waals surface area contributed by atoms with Crippen LogP contribution in [0.25, 0.3) is 0 Å². The topological polar surface area (TPSA) is 75.7 Å². The first-order chi connectivity index (χ1) is 15.7. The van der Waals surface area contributed by atoms with E-state index >= 15 is 0 Å². The molecule has 1 N–H and O–H groups in total. The molecule has 166 valence electrons. The Labute approximate surface area is 200 Å². The molecule has 3 aromatic rings. The zero-order valence-electron chi connectivity index (χ0n) is 17.7. The Kier molecular flexibility index (Phi) is 6.22. The van der Waals surface area contributed by atoms with E-state index in [2.05, 4.69) is 5.32 Å². The summed E-state index contributed by atoms with van der Waals surface area (Å²) >= 11 is 12.0. The molecule has 4 rings (SSSR count). The van der Waals surface area contributed by atoms with Gasteiger partial charge < -0.3 is 10.1 Å². The molecule has 0 saturated carbocycles. The van der Waals surface area contributed by atoms with Crippen molar-refractivity contribution >= 4 is 52.4 Å². The van der Waals surface area contributed by atoms with Crippen LogP contribution >= 0.6 is 23.2 Å². The molecule has 8 heteroatoms. The summed E-state index contributed by atoms with van der Waals surface area (Å²) in [6.45, 7) is 3.83. The Morgan fingerprint density at radius 2 is 1.55 bits per heavy atom. The van der Waals surface area contributed by atoms with Gasteiger partial charge in [0, 0.05) is 10.7 Å². The van der Waals surface area contributed by atoms with Crippen LogP contribution in [0.15, 0.2) is 77.5 Å². The number of esters is 1. The number of carbonyl (C=O) groups is 3. The number of aryl methyl sites for hydroxylation is 2. The molecular formula is C25H18Cl2N2O4. The van der Waals surface area contributed by atoms with Gasteiger partial charge in [-0.25, -0.2) is 9.69 Å². The molecule has 0 fully saturated rings. The molecule has 1 aliphatic heterocycles. The number of halogens is 2. The number of hydrogen-bond donors (Lipinski definition) is 1. The minimum absolute atomic E-state index is 0.0535. The Hall–Kier alpha value is -3.61. The van der Waals surface area contributed by atoms with Crippen molar-refractivity contribution < 1.29 is 19.1 Å². The van der Waals surface area contributed by atoms with E-state index in [-0.39, 0.29) is 10.7 Å². The van der Waals surface area contributed by atoms with Crippen molar-refractivity contribution in [3.05, 3.63) is 99.2 Å². The molecule has 0 radical (unpaired) electrons. The predicted octanol–water partition coefficient (Wildman–Crippen LogP) is 5.61. The van der Waals surface area contributed by atoms with Gasteiger partial charge in [0.25, 0.3) is 11.8 Å². The second-order valence-electron chi connectivity index (χ2n) is 7.47. The van der Waals surface area contributed by atoms with Crippen molar-refractivity contribution in [3.63, 3.8) is 0 Å². The van der Waals surface area contributed by atoms with Gasteiger partial charge in [-0.2, -0.15) is 0 Å². The molecule has 0 unspecified atom stereocenters. The first kappa shape index (κ1) is 22.6. The zero-order chi connectivity index (χ0) is 23.7. The van der Waals surface area contributed by atoms with E-state index < -0.39 is 17.8 Å². The maximum Gasteiger partial charge on any atom is 0.343 e. The molecule has 2 amide bonds. The van der Waals surface area contributed by atoms with Crippen LogP contribution in [0, 0.1) is 13.8 Å². The number of carbonyl (C=O) groups excluding carboxylic acids is 3. The highest BCUT2D eigenvalue weighted by Crippen LogP contribution is 2.31. The van der Waals surface area contributed by atoms with Crippen LogP contribution in [0.4, 0.5) is 11.4 Å². The average molecular weight is 481 g/mol. The first-order valence-corrected chi connectivity index (χ1v) is 10.7. The maximum atomic E-state index is 12.8. The van der Waals surface area contributed by atoms with Gasteiger partial charge in [0.1, 0.15) is 16.5 Å². The van der Waals surface area contributed by atoms with Crippen molar-refractivity contribution in [3.8, 4) is 5.75 Å². The molecule has 0 spiro atoms. The standard InChI is InChI=1S/C25H18Cl2N2O4/c1-14-3-12-20(15(2)13-14)33-25(32)16-4-8-18(9-5-16)28-22-21(27)23(30)29(24(22)31)19-10-6-17(26)7-11-19/h3-13,28H,1-2H3. The van der Waals surface area contributed by atoms with Crippen molar-refractivity contribution in [1.82, 2.24) is 0 Å². The Balaban J connectivity index is 1.48. The lowest BCUT2D eigenvalue weighted by molar-refractivity contribution is -0.120. The molecule has 6 nitrogen and oxygen atoms in total. The van der Waals surface area contributed by atoms with E-state index in [1.165, 1.54) is 0 Å². The van der Waals surface area contributed by atoms with Crippen LogP contribution in [-0.2, 0) is 9.59 Å². The van der Waals surface area contributed by atoms with Crippen molar-refractivity contribution in [2.24, 2.45) is 0 Å². The third-order valence-electron chi connectivity index (χ3n) is 5.04. The summed E-state index contributed by atoms with van der Waals surface area (Å²) in [5.41, 5.74) is 3.04. The first-order valence-electron chi connectivity index (χ1n) is 9.95. The van der Waals surface area contributed by atoms with Gasteiger partial charge in [-0.1, -0.05) is 40.9 Å². The van der Waals surface area contributed by atoms with Gasteiger partial charge in [-0.3, -0.25) is 9.59 Å². The fourth-order valence-corrected chi connectivity index (χ4v) is 3.68. The molecule has 0 atom stereocenters. The lowest BCUT2D eigenvalue weighted by Crippen LogP contribution is -2.32. The number of anilines is 2. The van der Waals surface area contributed by atoms with Gasteiger partial charge in [0.05, 0.1) is 11.3 Å². The number of rotatable bonds is 5. The molecule has 0 bridgehead atoms. The van der Waals surface area contributed by atoms with Gasteiger partial charge in [0.2, 0.25) is 0 Å². The SMILES string of the molecule is Cc1ccc(OC(=O)c2ccc(NC3=C(Cl)C(=O)N(c4ccc(Cl)cc4)C3=O)cc2)c(C)c1. The molecular weight excluding hydrogens is 463 g/mol. The Morgan fingerprint density at radius 1 is 0.879 bits per heavy atom. The van der Waals surface area contributed by atoms with Crippen LogP contribution in [-0.4, -0.2) is 17.8 Å². The smallest absolute Gasteiger partial charge is 0.343 e. The highest BCUT2D eigenvalue weighted by Gasteiger charge is 2.38. The minimum Gasteiger partial charge on any atom is -0.423 e. The summed E-state index contributed by atoms with van der Waals surface area (Å²) in [5, 5.41) is 3.12. The van der Waals surface area contributed by atoms with Crippen molar-refractivity contribution in [2.45, 2.75) is 13.8 Å². The van der Waals surface area contributed by atoms with Crippen molar-refractivity contribution in [1.29, 1.82) is 0 Å². The van der Waals surface area contributed by atoms with E-state index in [4.69, 9.17) is 27.9 Å². The van der Waals surface area contributed by atoms with E-state index in [9.17, 15) is 14.4 Å². The lowest BCUT2D eigenvalue weighted by Gasteiger charge is -2.15. The summed E-state index contributed by atoms with van der Waals surface area (Å²) in [6, 6.07) is 18.1. The summed E-state index contributed by atoms with van der Waals surface area (Å²) < 4.78 is 5.47. The molecule has 0 saturated heterocycles. The number of nitrogens with zero attached hydrogens (tertiary/aromatic N) is 1. The minimum atomic E-state index is -0.639. The number of hydrogen-bond acceptors (Lipinski definition) is 5. The number of imide groups is 1.